The van der Waals surface area contributed by atoms with Gasteiger partial charge in [0.25, 0.3) is 0 Å². The monoisotopic (exact) mass is 365 g/mol. The molecule has 0 bridgehead atoms. The molecule has 1 N–H and O–H groups in total. The molecule has 25 heavy (non-hydrogen) atoms. The number of ether oxygens (including phenoxy) is 1. The van der Waals surface area contributed by atoms with Crippen LogP contribution in [0.25, 0.3) is 10.8 Å². The minimum atomic E-state index is -3.80. The zero-order valence-corrected chi connectivity index (χ0v) is 15.3. The zero-order valence-electron chi connectivity index (χ0n) is 14.4. The second-order valence-electron chi connectivity index (χ2n) is 5.53. The molecule has 0 saturated heterocycles. The molecule has 0 unspecified atom stereocenters. The van der Waals surface area contributed by atoms with Crippen molar-refractivity contribution in [3.05, 3.63) is 36.7 Å². The third-order valence-electron chi connectivity index (χ3n) is 3.68. The van der Waals surface area contributed by atoms with Crippen molar-refractivity contribution < 1.29 is 17.9 Å². The van der Waals surface area contributed by atoms with Gasteiger partial charge in [-0.3, -0.25) is 9.78 Å². The molecule has 0 atom stereocenters. The van der Waals surface area contributed by atoms with Gasteiger partial charge in [0.1, 0.15) is 0 Å². The Bertz CT molecular complexity index is 818. The number of amides is 1. The molecule has 0 spiro atoms. The van der Waals surface area contributed by atoms with Gasteiger partial charge in [0.2, 0.25) is 15.9 Å². The summed E-state index contributed by atoms with van der Waals surface area (Å²) in [6, 6.07) is 6.72. The highest BCUT2D eigenvalue weighted by Gasteiger charge is 2.27. The quantitative estimate of drug-likeness (QED) is 0.679. The molecule has 7 nitrogen and oxygen atoms in total. The van der Waals surface area contributed by atoms with Crippen molar-refractivity contribution in [1.29, 1.82) is 0 Å². The van der Waals surface area contributed by atoms with Crippen LogP contribution in [-0.4, -0.2) is 57.0 Å². The molecule has 0 aliphatic heterocycles. The van der Waals surface area contributed by atoms with E-state index in [9.17, 15) is 13.2 Å². The van der Waals surface area contributed by atoms with E-state index in [-0.39, 0.29) is 23.9 Å². The maximum absolute atomic E-state index is 13.1. The van der Waals surface area contributed by atoms with E-state index in [2.05, 4.69) is 10.3 Å². The molecular weight excluding hydrogens is 342 g/mol. The summed E-state index contributed by atoms with van der Waals surface area (Å²) in [6.45, 7) is 2.64. The van der Waals surface area contributed by atoms with Gasteiger partial charge in [-0.2, -0.15) is 4.31 Å². The van der Waals surface area contributed by atoms with Gasteiger partial charge in [-0.05, 0) is 18.6 Å². The maximum Gasteiger partial charge on any atom is 0.244 e. The molecule has 0 radical (unpaired) electrons. The lowest BCUT2D eigenvalue weighted by Gasteiger charge is -2.22. The summed E-state index contributed by atoms with van der Waals surface area (Å²) >= 11 is 0. The maximum atomic E-state index is 13.1. The van der Waals surface area contributed by atoms with Crippen LogP contribution >= 0.6 is 0 Å². The number of nitrogens with one attached hydrogen (secondary N) is 1. The lowest BCUT2D eigenvalue weighted by atomic mass is 10.2. The molecule has 1 aromatic carbocycles. The van der Waals surface area contributed by atoms with Crippen molar-refractivity contribution in [2.75, 3.05) is 33.4 Å². The standard InChI is InChI=1S/C17H23N3O4S/c1-3-10-20(13-17(21)19-9-11-24-2)25(22,23)16-6-4-5-14-12-18-8-7-15(14)16/h4-8,12H,3,9-11,13H2,1-2H3,(H,19,21). The Hall–Kier alpha value is -2.03. The minimum absolute atomic E-state index is 0.186. The second-order valence-corrected chi connectivity index (χ2v) is 7.44. The third-order valence-corrected chi connectivity index (χ3v) is 5.58. The van der Waals surface area contributed by atoms with Gasteiger partial charge in [0, 0.05) is 43.4 Å². The largest absolute Gasteiger partial charge is 0.383 e. The topological polar surface area (TPSA) is 88.6 Å². The number of aromatic nitrogens is 1. The zero-order chi connectivity index (χ0) is 18.3. The molecule has 0 aliphatic rings. The number of benzene rings is 1. The highest BCUT2D eigenvalue weighted by atomic mass is 32.2. The molecule has 1 amide bonds. The van der Waals surface area contributed by atoms with E-state index >= 15 is 0 Å². The molecule has 2 aromatic rings. The number of hydrogen-bond donors (Lipinski definition) is 1. The minimum Gasteiger partial charge on any atom is -0.383 e. The Labute approximate surface area is 148 Å². The molecule has 0 saturated carbocycles. The van der Waals surface area contributed by atoms with Crippen molar-refractivity contribution in [1.82, 2.24) is 14.6 Å². The summed E-state index contributed by atoms with van der Waals surface area (Å²) in [5.74, 6) is -0.351. The van der Waals surface area contributed by atoms with Crippen LogP contribution in [-0.2, 0) is 19.6 Å². The first kappa shape index (κ1) is 19.3. The molecule has 1 heterocycles. The Morgan fingerprint density at radius 3 is 2.84 bits per heavy atom. The van der Waals surface area contributed by atoms with Gasteiger partial charge >= 0.3 is 0 Å². The van der Waals surface area contributed by atoms with E-state index in [1.54, 1.807) is 30.6 Å². The number of nitrogens with zero attached hydrogens (tertiary/aromatic N) is 2. The first-order valence-electron chi connectivity index (χ1n) is 8.09. The first-order chi connectivity index (χ1) is 12.0. The van der Waals surface area contributed by atoms with Crippen LogP contribution in [0.4, 0.5) is 0 Å². The van der Waals surface area contributed by atoms with Crippen LogP contribution in [0, 0.1) is 0 Å². The van der Waals surface area contributed by atoms with Crippen LogP contribution < -0.4 is 5.32 Å². The highest BCUT2D eigenvalue weighted by molar-refractivity contribution is 7.89. The van der Waals surface area contributed by atoms with Crippen LogP contribution in [0.3, 0.4) is 0 Å². The van der Waals surface area contributed by atoms with E-state index in [4.69, 9.17) is 4.74 Å². The van der Waals surface area contributed by atoms with Crippen LogP contribution in [0.5, 0.6) is 0 Å². The summed E-state index contributed by atoms with van der Waals surface area (Å²) in [7, 11) is -2.26. The fraction of sp³-hybridized carbons (Fsp3) is 0.412. The van der Waals surface area contributed by atoms with Crippen molar-refractivity contribution in [3.8, 4) is 0 Å². The van der Waals surface area contributed by atoms with Crippen LogP contribution in [0.1, 0.15) is 13.3 Å². The number of pyridine rings is 1. The first-order valence-corrected chi connectivity index (χ1v) is 9.53. The summed E-state index contributed by atoms with van der Waals surface area (Å²) < 4.78 is 32.3. The average molecular weight is 365 g/mol. The van der Waals surface area contributed by atoms with Gasteiger partial charge in [-0.1, -0.05) is 19.1 Å². The smallest absolute Gasteiger partial charge is 0.244 e. The fourth-order valence-corrected chi connectivity index (χ4v) is 4.20. The van der Waals surface area contributed by atoms with Crippen molar-refractivity contribution in [2.45, 2.75) is 18.2 Å². The number of methoxy groups -OCH3 is 1. The predicted octanol–water partition coefficient (Wildman–Crippen LogP) is 1.40. The summed E-state index contributed by atoms with van der Waals surface area (Å²) in [5, 5.41) is 3.99. The normalized spacial score (nSPS) is 11.8. The van der Waals surface area contributed by atoms with Gasteiger partial charge in [-0.25, -0.2) is 8.42 Å². The van der Waals surface area contributed by atoms with E-state index < -0.39 is 10.0 Å². The molecule has 8 heteroatoms. The van der Waals surface area contributed by atoms with Gasteiger partial charge < -0.3 is 10.1 Å². The average Bonchev–Trinajstić information content (AvgIpc) is 2.61. The Morgan fingerprint density at radius 1 is 1.32 bits per heavy atom. The van der Waals surface area contributed by atoms with E-state index in [1.165, 1.54) is 11.4 Å². The molecule has 0 fully saturated rings. The van der Waals surface area contributed by atoms with E-state index in [0.29, 0.717) is 25.0 Å². The SMILES string of the molecule is CCCN(CC(=O)NCCOC)S(=O)(=O)c1cccc2cnccc12. The van der Waals surface area contributed by atoms with Crippen molar-refractivity contribution in [3.63, 3.8) is 0 Å². The lowest BCUT2D eigenvalue weighted by molar-refractivity contribution is -0.121. The number of carbonyl (C=O) groups excluding carboxylic acids is 1. The molecule has 2 rings (SSSR count). The summed E-state index contributed by atoms with van der Waals surface area (Å²) in [5.41, 5.74) is 0. The number of fused-ring (bicyclic) bond motifs is 1. The Kier molecular flexibility index (Phi) is 6.86. The third kappa shape index (κ3) is 4.75. The highest BCUT2D eigenvalue weighted by Crippen LogP contribution is 2.25. The molecule has 1 aromatic heterocycles. The van der Waals surface area contributed by atoms with Crippen LogP contribution in [0.2, 0.25) is 0 Å². The predicted molar refractivity (Wildman–Crippen MR) is 95.7 cm³/mol. The van der Waals surface area contributed by atoms with E-state index in [0.717, 1.165) is 5.39 Å². The second kappa shape index (κ2) is 8.89. The number of rotatable bonds is 9. The number of hydrogen-bond acceptors (Lipinski definition) is 5. The number of sulfonamides is 1. The van der Waals surface area contributed by atoms with Gasteiger partial charge in [-0.15, -0.1) is 0 Å². The van der Waals surface area contributed by atoms with Crippen molar-refractivity contribution in [2.24, 2.45) is 0 Å². The summed E-state index contributed by atoms with van der Waals surface area (Å²) in [6.07, 6.45) is 3.79. The Morgan fingerprint density at radius 2 is 2.12 bits per heavy atom. The van der Waals surface area contributed by atoms with Gasteiger partial charge in [0.05, 0.1) is 18.0 Å². The molecular formula is C17H23N3O4S. The fourth-order valence-electron chi connectivity index (χ4n) is 2.50. The van der Waals surface area contributed by atoms with Crippen LogP contribution in [0.15, 0.2) is 41.6 Å². The molecule has 0 aliphatic carbocycles. The Balaban J connectivity index is 2.30. The van der Waals surface area contributed by atoms with Gasteiger partial charge in [0.15, 0.2) is 0 Å². The molecule has 136 valence electrons. The summed E-state index contributed by atoms with van der Waals surface area (Å²) in [4.78, 5) is 16.3. The van der Waals surface area contributed by atoms with Crippen molar-refractivity contribution >= 4 is 26.7 Å². The number of carbonyl (C=O) groups is 1. The lowest BCUT2D eigenvalue weighted by Crippen LogP contribution is -2.41. The van der Waals surface area contributed by atoms with E-state index in [1.807, 2.05) is 13.0 Å².